The van der Waals surface area contributed by atoms with Gasteiger partial charge in [0.15, 0.2) is 0 Å². The van der Waals surface area contributed by atoms with E-state index in [2.05, 4.69) is 23.2 Å². The molecule has 2 aromatic rings. The molecule has 0 spiro atoms. The number of hydrogen-bond donors (Lipinski definition) is 1. The van der Waals surface area contributed by atoms with Gasteiger partial charge >= 0.3 is 0 Å². The first-order chi connectivity index (χ1) is 12.6. The van der Waals surface area contributed by atoms with Crippen LogP contribution in [0.5, 0.6) is 0 Å². The monoisotopic (exact) mass is 347 g/mol. The number of benzene rings is 2. The standard InChI is InChI=1S/C22H25N3O/c1-3-19-13-18(14-23)8-11-21(19)24-22(26)20-9-6-17(7-10-20)15-25-12-4-5-16(25)2/h6-11,13,16H,3-5,12,15H2,1-2H3,(H,24,26)/t16-/m1/s1. The van der Waals surface area contributed by atoms with Crippen LogP contribution in [0.25, 0.3) is 0 Å². The molecule has 4 nitrogen and oxygen atoms in total. The van der Waals surface area contributed by atoms with E-state index in [4.69, 9.17) is 5.26 Å². The SMILES string of the molecule is CCc1cc(C#N)ccc1NC(=O)c1ccc(CN2CCC[C@H]2C)cc1. The number of likely N-dealkylation sites (tertiary alicyclic amines) is 1. The van der Waals surface area contributed by atoms with Gasteiger partial charge in [-0.2, -0.15) is 5.26 Å². The molecule has 26 heavy (non-hydrogen) atoms. The smallest absolute Gasteiger partial charge is 0.255 e. The van der Waals surface area contributed by atoms with E-state index in [0.717, 1.165) is 30.8 Å². The Kier molecular flexibility index (Phi) is 5.70. The maximum absolute atomic E-state index is 12.6. The maximum Gasteiger partial charge on any atom is 0.255 e. The fourth-order valence-corrected chi connectivity index (χ4v) is 3.50. The predicted octanol–water partition coefficient (Wildman–Crippen LogP) is 4.36. The number of carbonyl (C=O) groups is 1. The van der Waals surface area contributed by atoms with Gasteiger partial charge in [-0.15, -0.1) is 0 Å². The van der Waals surface area contributed by atoms with Gasteiger partial charge in [-0.3, -0.25) is 9.69 Å². The Morgan fingerprint density at radius 2 is 2.04 bits per heavy atom. The summed E-state index contributed by atoms with van der Waals surface area (Å²) >= 11 is 0. The van der Waals surface area contributed by atoms with E-state index < -0.39 is 0 Å². The molecule has 0 saturated carbocycles. The molecule has 0 bridgehead atoms. The number of amides is 1. The topological polar surface area (TPSA) is 56.1 Å². The van der Waals surface area contributed by atoms with Crippen molar-refractivity contribution in [3.05, 3.63) is 64.7 Å². The quantitative estimate of drug-likeness (QED) is 0.874. The molecule has 2 aromatic carbocycles. The van der Waals surface area contributed by atoms with Gasteiger partial charge in [0.25, 0.3) is 5.91 Å². The molecular formula is C22H25N3O. The van der Waals surface area contributed by atoms with Gasteiger partial charge in [-0.05, 0) is 74.2 Å². The maximum atomic E-state index is 12.6. The minimum Gasteiger partial charge on any atom is -0.322 e. The summed E-state index contributed by atoms with van der Waals surface area (Å²) in [4.78, 5) is 15.0. The summed E-state index contributed by atoms with van der Waals surface area (Å²) in [5.74, 6) is -0.120. The predicted molar refractivity (Wildman–Crippen MR) is 104 cm³/mol. The fourth-order valence-electron chi connectivity index (χ4n) is 3.50. The molecule has 1 aliphatic heterocycles. The lowest BCUT2D eigenvalue weighted by molar-refractivity contribution is 0.102. The molecule has 1 N–H and O–H groups in total. The molecule has 0 unspecified atom stereocenters. The molecular weight excluding hydrogens is 322 g/mol. The first kappa shape index (κ1) is 18.2. The Balaban J connectivity index is 1.68. The van der Waals surface area contributed by atoms with Gasteiger partial charge in [0.1, 0.15) is 0 Å². The highest BCUT2D eigenvalue weighted by molar-refractivity contribution is 6.04. The molecule has 134 valence electrons. The van der Waals surface area contributed by atoms with Gasteiger partial charge in [0.05, 0.1) is 11.6 Å². The molecule has 0 aromatic heterocycles. The van der Waals surface area contributed by atoms with Crippen LogP contribution in [0.3, 0.4) is 0 Å². The van der Waals surface area contributed by atoms with Crippen LogP contribution >= 0.6 is 0 Å². The summed E-state index contributed by atoms with van der Waals surface area (Å²) in [6.07, 6.45) is 3.30. The molecule has 0 aliphatic carbocycles. The lowest BCUT2D eigenvalue weighted by Crippen LogP contribution is -2.26. The van der Waals surface area contributed by atoms with E-state index in [0.29, 0.717) is 17.2 Å². The van der Waals surface area contributed by atoms with Crippen molar-refractivity contribution in [2.75, 3.05) is 11.9 Å². The number of nitrogens with zero attached hydrogens (tertiary/aromatic N) is 2. The number of anilines is 1. The van der Waals surface area contributed by atoms with Gasteiger partial charge in [0.2, 0.25) is 0 Å². The Bertz CT molecular complexity index is 820. The highest BCUT2D eigenvalue weighted by Crippen LogP contribution is 2.21. The van der Waals surface area contributed by atoms with Crippen LogP contribution < -0.4 is 5.32 Å². The molecule has 1 fully saturated rings. The molecule has 1 saturated heterocycles. The van der Waals surface area contributed by atoms with E-state index in [1.807, 2.05) is 37.3 Å². The number of hydrogen-bond acceptors (Lipinski definition) is 3. The van der Waals surface area contributed by atoms with Crippen molar-refractivity contribution in [1.82, 2.24) is 4.90 Å². The second-order valence-electron chi connectivity index (χ2n) is 6.95. The highest BCUT2D eigenvalue weighted by Gasteiger charge is 2.20. The average molecular weight is 347 g/mol. The zero-order chi connectivity index (χ0) is 18.5. The lowest BCUT2D eigenvalue weighted by atomic mass is 10.1. The zero-order valence-electron chi connectivity index (χ0n) is 15.5. The van der Waals surface area contributed by atoms with Crippen LogP contribution in [0.4, 0.5) is 5.69 Å². The molecule has 0 radical (unpaired) electrons. The number of carbonyl (C=O) groups excluding carboxylic acids is 1. The number of nitriles is 1. The van der Waals surface area contributed by atoms with E-state index >= 15 is 0 Å². The second-order valence-corrected chi connectivity index (χ2v) is 6.95. The van der Waals surface area contributed by atoms with Crippen LogP contribution in [0.2, 0.25) is 0 Å². The number of nitrogens with one attached hydrogen (secondary N) is 1. The summed E-state index contributed by atoms with van der Waals surface area (Å²) in [6.45, 7) is 6.39. The van der Waals surface area contributed by atoms with E-state index in [9.17, 15) is 4.79 Å². The normalized spacial score (nSPS) is 17.0. The van der Waals surface area contributed by atoms with Crippen LogP contribution in [0.1, 0.15) is 53.7 Å². The summed E-state index contributed by atoms with van der Waals surface area (Å²) < 4.78 is 0. The Morgan fingerprint density at radius 1 is 1.27 bits per heavy atom. The molecule has 1 atom stereocenters. The third kappa shape index (κ3) is 4.12. The van der Waals surface area contributed by atoms with Crippen LogP contribution in [-0.2, 0) is 13.0 Å². The van der Waals surface area contributed by atoms with Crippen molar-refractivity contribution in [2.24, 2.45) is 0 Å². The first-order valence-electron chi connectivity index (χ1n) is 9.28. The van der Waals surface area contributed by atoms with Gasteiger partial charge in [-0.25, -0.2) is 0 Å². The summed E-state index contributed by atoms with van der Waals surface area (Å²) in [5.41, 5.74) is 4.24. The molecule has 1 aliphatic rings. The molecule has 1 amide bonds. The third-order valence-electron chi connectivity index (χ3n) is 5.16. The van der Waals surface area contributed by atoms with E-state index in [1.165, 1.54) is 18.4 Å². The van der Waals surface area contributed by atoms with Crippen LogP contribution in [0.15, 0.2) is 42.5 Å². The molecule has 1 heterocycles. The van der Waals surface area contributed by atoms with Crippen LogP contribution in [-0.4, -0.2) is 23.4 Å². The van der Waals surface area contributed by atoms with Crippen molar-refractivity contribution >= 4 is 11.6 Å². The van der Waals surface area contributed by atoms with Crippen molar-refractivity contribution in [2.45, 2.75) is 45.7 Å². The third-order valence-corrected chi connectivity index (χ3v) is 5.16. The van der Waals surface area contributed by atoms with Crippen molar-refractivity contribution < 1.29 is 4.79 Å². The minimum atomic E-state index is -0.120. The van der Waals surface area contributed by atoms with Gasteiger partial charge in [-0.1, -0.05) is 19.1 Å². The Hall–Kier alpha value is -2.64. The van der Waals surface area contributed by atoms with Crippen molar-refractivity contribution in [3.63, 3.8) is 0 Å². The van der Waals surface area contributed by atoms with Gasteiger partial charge in [0, 0.05) is 23.8 Å². The van der Waals surface area contributed by atoms with Gasteiger partial charge < -0.3 is 5.32 Å². The highest BCUT2D eigenvalue weighted by atomic mass is 16.1. The summed E-state index contributed by atoms with van der Waals surface area (Å²) in [6, 6.07) is 16.0. The number of aryl methyl sites for hydroxylation is 1. The fraction of sp³-hybridized carbons (Fsp3) is 0.364. The average Bonchev–Trinajstić information content (AvgIpc) is 3.07. The Labute approximate surface area is 155 Å². The number of rotatable bonds is 5. The second kappa shape index (κ2) is 8.16. The largest absolute Gasteiger partial charge is 0.322 e. The van der Waals surface area contributed by atoms with E-state index in [1.54, 1.807) is 12.1 Å². The van der Waals surface area contributed by atoms with Crippen LogP contribution in [0, 0.1) is 11.3 Å². The Morgan fingerprint density at radius 3 is 2.65 bits per heavy atom. The van der Waals surface area contributed by atoms with Crippen molar-refractivity contribution in [1.29, 1.82) is 5.26 Å². The molecule has 4 heteroatoms. The summed E-state index contributed by atoms with van der Waals surface area (Å²) in [7, 11) is 0. The van der Waals surface area contributed by atoms with E-state index in [-0.39, 0.29) is 5.91 Å². The zero-order valence-corrected chi connectivity index (χ0v) is 15.5. The molecule has 3 rings (SSSR count). The summed E-state index contributed by atoms with van der Waals surface area (Å²) in [5, 5.41) is 12.0. The first-order valence-corrected chi connectivity index (χ1v) is 9.28. The minimum absolute atomic E-state index is 0.120. The van der Waals surface area contributed by atoms with Crippen molar-refractivity contribution in [3.8, 4) is 6.07 Å². The lowest BCUT2D eigenvalue weighted by Gasteiger charge is -2.21.